The SMILES string of the molecule is COc1cc(C)c2[nH]ccc2c1C(OCC(=O)O)(c1nc2cc(C#N)ccc2n1COCC[Si](C)(C)C)C(F)(F)F. The Morgan fingerprint density at radius 2 is 1.95 bits per heavy atom. The number of hydrogen-bond acceptors (Lipinski definition) is 6. The maximum absolute atomic E-state index is 15.7. The summed E-state index contributed by atoms with van der Waals surface area (Å²) in [5, 5.41) is 19.0. The number of nitrogens with one attached hydrogen (secondary N) is 1. The number of H-pyrrole nitrogens is 1. The van der Waals surface area contributed by atoms with Gasteiger partial charge in [0.1, 0.15) is 19.1 Å². The van der Waals surface area contributed by atoms with Crippen molar-refractivity contribution < 1.29 is 37.3 Å². The lowest BCUT2D eigenvalue weighted by molar-refractivity contribution is -0.270. The molecule has 13 heteroatoms. The second kappa shape index (κ2) is 11.2. The zero-order chi connectivity index (χ0) is 30.2. The molecule has 1 unspecified atom stereocenters. The van der Waals surface area contributed by atoms with Gasteiger partial charge in [-0.2, -0.15) is 18.4 Å². The molecule has 0 saturated heterocycles. The molecule has 0 aliphatic carbocycles. The fraction of sp³-hybridized carbons (Fsp3) is 0.393. The van der Waals surface area contributed by atoms with Gasteiger partial charge in [-0.25, -0.2) is 9.78 Å². The highest BCUT2D eigenvalue weighted by atomic mass is 28.3. The van der Waals surface area contributed by atoms with Crippen molar-refractivity contribution >= 4 is 36.0 Å². The van der Waals surface area contributed by atoms with Crippen LogP contribution < -0.4 is 4.74 Å². The second-order valence-corrected chi connectivity index (χ2v) is 16.5. The van der Waals surface area contributed by atoms with E-state index in [-0.39, 0.29) is 34.5 Å². The third-order valence-corrected chi connectivity index (χ3v) is 8.50. The molecular weight excluding hydrogens is 557 g/mol. The van der Waals surface area contributed by atoms with Crippen LogP contribution >= 0.6 is 0 Å². The first-order chi connectivity index (χ1) is 19.2. The van der Waals surface area contributed by atoms with E-state index in [9.17, 15) is 15.2 Å². The predicted molar refractivity (Wildman–Crippen MR) is 149 cm³/mol. The number of hydrogen-bond donors (Lipinski definition) is 2. The van der Waals surface area contributed by atoms with Gasteiger partial charge in [-0.3, -0.25) is 0 Å². The van der Waals surface area contributed by atoms with E-state index in [1.165, 1.54) is 48.2 Å². The molecule has 1 atom stereocenters. The Kier molecular flexibility index (Phi) is 8.22. The Balaban J connectivity index is 2.10. The van der Waals surface area contributed by atoms with E-state index < -0.39 is 43.8 Å². The number of methoxy groups -OCH3 is 1. The molecule has 0 spiro atoms. The Hall–Kier alpha value is -3.86. The summed E-state index contributed by atoms with van der Waals surface area (Å²) in [7, 11) is -0.287. The normalized spacial score (nSPS) is 13.8. The van der Waals surface area contributed by atoms with Crippen molar-refractivity contribution in [2.75, 3.05) is 20.3 Å². The minimum atomic E-state index is -5.23. The number of ether oxygens (including phenoxy) is 3. The molecule has 2 aromatic heterocycles. The van der Waals surface area contributed by atoms with Crippen molar-refractivity contribution in [3.8, 4) is 11.8 Å². The predicted octanol–water partition coefficient (Wildman–Crippen LogP) is 5.93. The van der Waals surface area contributed by atoms with Gasteiger partial charge in [0.25, 0.3) is 5.60 Å². The van der Waals surface area contributed by atoms with E-state index in [0.717, 1.165) is 6.04 Å². The van der Waals surface area contributed by atoms with Crippen molar-refractivity contribution in [1.82, 2.24) is 14.5 Å². The summed E-state index contributed by atoms with van der Waals surface area (Å²) >= 11 is 0. The van der Waals surface area contributed by atoms with Crippen LogP contribution in [-0.2, 0) is 26.6 Å². The van der Waals surface area contributed by atoms with E-state index in [4.69, 9.17) is 14.2 Å². The Bertz CT molecular complexity index is 1630. The van der Waals surface area contributed by atoms with Crippen molar-refractivity contribution in [2.24, 2.45) is 0 Å². The molecule has 2 heterocycles. The van der Waals surface area contributed by atoms with Crippen molar-refractivity contribution in [1.29, 1.82) is 5.26 Å². The standard InChI is InChI=1S/C28H31F3N4O5Si/c1-17-12-22(38-2)24(19-8-9-33-25(17)19)27(28(29,30)31,40-15-23(36)37)26-34-20-13-18(14-32)6-7-21(20)35(26)16-39-10-11-41(3,4)5/h6-9,12-13,33H,10-11,15-16H2,1-5H3,(H,36,37). The number of carbonyl (C=O) groups is 1. The van der Waals surface area contributed by atoms with Gasteiger partial charge in [0.2, 0.25) is 0 Å². The quantitative estimate of drug-likeness (QED) is 0.165. The highest BCUT2D eigenvalue weighted by molar-refractivity contribution is 6.76. The molecule has 9 nitrogen and oxygen atoms in total. The molecule has 41 heavy (non-hydrogen) atoms. The van der Waals surface area contributed by atoms with Crippen LogP contribution in [0.15, 0.2) is 36.5 Å². The third kappa shape index (κ3) is 5.68. The number of alkyl halides is 3. The van der Waals surface area contributed by atoms with Crippen LogP contribution in [-0.4, -0.2) is 60.2 Å². The van der Waals surface area contributed by atoms with Crippen molar-refractivity contribution in [3.63, 3.8) is 0 Å². The van der Waals surface area contributed by atoms with Gasteiger partial charge < -0.3 is 28.9 Å². The van der Waals surface area contributed by atoms with Crippen LogP contribution in [0.4, 0.5) is 13.2 Å². The summed E-state index contributed by atoms with van der Waals surface area (Å²) < 4.78 is 65.2. The maximum atomic E-state index is 15.7. The first kappa shape index (κ1) is 30.1. The van der Waals surface area contributed by atoms with E-state index in [1.54, 1.807) is 6.92 Å². The molecule has 0 fully saturated rings. The number of aromatic nitrogens is 3. The monoisotopic (exact) mass is 588 g/mol. The number of carboxylic acids is 1. The van der Waals surface area contributed by atoms with E-state index >= 15 is 13.2 Å². The lowest BCUT2D eigenvalue weighted by atomic mass is 9.86. The largest absolute Gasteiger partial charge is 0.496 e. The molecular formula is C28H31F3N4O5Si. The summed E-state index contributed by atoms with van der Waals surface area (Å²) in [5.74, 6) is -2.40. The average Bonchev–Trinajstić information content (AvgIpc) is 3.51. The second-order valence-electron chi connectivity index (χ2n) is 10.9. The van der Waals surface area contributed by atoms with Gasteiger partial charge in [0.15, 0.2) is 5.82 Å². The lowest BCUT2D eigenvalue weighted by Crippen LogP contribution is -2.49. The first-order valence-corrected chi connectivity index (χ1v) is 16.5. The Morgan fingerprint density at radius 3 is 2.56 bits per heavy atom. The number of halogens is 3. The minimum Gasteiger partial charge on any atom is -0.496 e. The molecule has 0 aliphatic rings. The fourth-order valence-electron chi connectivity index (χ4n) is 4.80. The molecule has 218 valence electrons. The Morgan fingerprint density at radius 1 is 1.22 bits per heavy atom. The van der Waals surface area contributed by atoms with Gasteiger partial charge >= 0.3 is 12.1 Å². The Labute approximate surface area is 235 Å². The summed E-state index contributed by atoms with van der Waals surface area (Å²) in [4.78, 5) is 19.0. The topological polar surface area (TPSA) is 122 Å². The first-order valence-electron chi connectivity index (χ1n) is 12.8. The average molecular weight is 589 g/mol. The van der Waals surface area contributed by atoms with Crippen LogP contribution in [0.1, 0.15) is 22.5 Å². The number of nitriles is 1. The van der Waals surface area contributed by atoms with E-state index in [1.807, 2.05) is 6.07 Å². The number of aromatic amines is 1. The van der Waals surface area contributed by atoms with Crippen LogP contribution in [0.25, 0.3) is 21.9 Å². The van der Waals surface area contributed by atoms with Gasteiger partial charge in [0, 0.05) is 31.8 Å². The third-order valence-electron chi connectivity index (χ3n) is 6.80. The van der Waals surface area contributed by atoms with Crippen LogP contribution in [0, 0.1) is 18.3 Å². The summed E-state index contributed by atoms with van der Waals surface area (Å²) in [6.45, 7) is 6.86. The number of fused-ring (bicyclic) bond motifs is 2. The van der Waals surface area contributed by atoms with Gasteiger partial charge in [0.05, 0.1) is 35.3 Å². The van der Waals surface area contributed by atoms with Gasteiger partial charge in [-0.15, -0.1) is 0 Å². The van der Waals surface area contributed by atoms with E-state index in [2.05, 4.69) is 29.6 Å². The smallest absolute Gasteiger partial charge is 0.429 e. The summed E-state index contributed by atoms with van der Waals surface area (Å²) in [6.07, 6.45) is -3.74. The number of benzene rings is 2. The molecule has 0 radical (unpaired) electrons. The van der Waals surface area contributed by atoms with Gasteiger partial charge in [-0.1, -0.05) is 19.6 Å². The summed E-state index contributed by atoms with van der Waals surface area (Å²) in [5.41, 5.74) is -2.30. The fourth-order valence-corrected chi connectivity index (χ4v) is 5.56. The molecule has 0 amide bonds. The minimum absolute atomic E-state index is 0.0942. The number of rotatable bonds is 11. The molecule has 2 N–H and O–H groups in total. The van der Waals surface area contributed by atoms with Crippen LogP contribution in [0.3, 0.4) is 0 Å². The highest BCUT2D eigenvalue weighted by Gasteiger charge is 2.64. The summed E-state index contributed by atoms with van der Waals surface area (Å²) in [6, 6.07) is 9.95. The zero-order valence-electron chi connectivity index (χ0n) is 23.3. The highest BCUT2D eigenvalue weighted by Crippen LogP contribution is 2.53. The number of aryl methyl sites for hydroxylation is 1. The molecule has 0 aliphatic heterocycles. The molecule has 4 rings (SSSR count). The number of aliphatic carboxylic acids is 1. The lowest BCUT2D eigenvalue weighted by Gasteiger charge is -2.36. The van der Waals surface area contributed by atoms with E-state index in [0.29, 0.717) is 17.7 Å². The molecule has 0 saturated carbocycles. The van der Waals surface area contributed by atoms with Crippen molar-refractivity contribution in [3.05, 3.63) is 59.0 Å². The number of imidazole rings is 1. The molecule has 4 aromatic rings. The number of carboxylic acid groups (broad SMARTS) is 1. The molecule has 0 bridgehead atoms. The zero-order valence-corrected chi connectivity index (χ0v) is 24.3. The van der Waals surface area contributed by atoms with Gasteiger partial charge in [-0.05, 0) is 48.9 Å². The number of nitrogens with zero attached hydrogens (tertiary/aromatic N) is 3. The molecule has 2 aromatic carbocycles. The van der Waals surface area contributed by atoms with Crippen LogP contribution in [0.5, 0.6) is 5.75 Å². The van der Waals surface area contributed by atoms with Crippen LogP contribution in [0.2, 0.25) is 25.7 Å². The van der Waals surface area contributed by atoms with Crippen molar-refractivity contribution in [2.45, 2.75) is 51.1 Å². The maximum Gasteiger partial charge on any atom is 0.429 e.